The predicted molar refractivity (Wildman–Crippen MR) is 65.0 cm³/mol. The fraction of sp³-hybridized carbons (Fsp3) is 0.750. The SMILES string of the molecule is C#CCN(C)C(=O)C(C)(C)N1CCNCC1. The number of likely N-dealkylation sites (N-methyl/N-ethyl adjacent to an activating group) is 1. The molecule has 0 saturated carbocycles. The summed E-state index contributed by atoms with van der Waals surface area (Å²) in [5.41, 5.74) is -0.465. The van der Waals surface area contributed by atoms with Crippen LogP contribution in [0.1, 0.15) is 13.8 Å². The lowest BCUT2D eigenvalue weighted by molar-refractivity contribution is -0.141. The molecule has 0 aromatic carbocycles. The molecule has 0 aromatic heterocycles. The highest BCUT2D eigenvalue weighted by Gasteiger charge is 2.36. The van der Waals surface area contributed by atoms with Crippen LogP contribution in [0, 0.1) is 12.3 Å². The Bertz CT molecular complexity index is 287. The Morgan fingerprint density at radius 2 is 2.06 bits per heavy atom. The largest absolute Gasteiger partial charge is 0.333 e. The molecule has 0 aromatic rings. The number of rotatable bonds is 3. The van der Waals surface area contributed by atoms with Crippen LogP contribution in [-0.4, -0.2) is 61.0 Å². The number of piperazine rings is 1. The number of carbonyl (C=O) groups excluding carboxylic acids is 1. The Morgan fingerprint density at radius 1 is 1.50 bits per heavy atom. The van der Waals surface area contributed by atoms with E-state index in [0.29, 0.717) is 6.54 Å². The van der Waals surface area contributed by atoms with Gasteiger partial charge < -0.3 is 10.2 Å². The van der Waals surface area contributed by atoms with Crippen molar-refractivity contribution in [3.05, 3.63) is 0 Å². The molecule has 1 heterocycles. The van der Waals surface area contributed by atoms with Gasteiger partial charge in [-0.05, 0) is 13.8 Å². The van der Waals surface area contributed by atoms with Gasteiger partial charge in [-0.2, -0.15) is 0 Å². The number of carbonyl (C=O) groups is 1. The van der Waals surface area contributed by atoms with Crippen molar-refractivity contribution in [2.75, 3.05) is 39.8 Å². The number of terminal acetylenes is 1. The van der Waals surface area contributed by atoms with E-state index >= 15 is 0 Å². The molecule has 0 aliphatic carbocycles. The lowest BCUT2D eigenvalue weighted by Crippen LogP contribution is -2.60. The van der Waals surface area contributed by atoms with Crippen molar-refractivity contribution >= 4 is 5.91 Å². The summed E-state index contributed by atoms with van der Waals surface area (Å²) < 4.78 is 0. The monoisotopic (exact) mass is 223 g/mol. The van der Waals surface area contributed by atoms with Gasteiger partial charge in [0.1, 0.15) is 0 Å². The van der Waals surface area contributed by atoms with Gasteiger partial charge in [-0.1, -0.05) is 5.92 Å². The molecule has 4 nitrogen and oxygen atoms in total. The van der Waals surface area contributed by atoms with E-state index in [1.807, 2.05) is 13.8 Å². The first kappa shape index (κ1) is 13.0. The molecule has 1 rings (SSSR count). The molecule has 0 spiro atoms. The molecule has 16 heavy (non-hydrogen) atoms. The van der Waals surface area contributed by atoms with Crippen molar-refractivity contribution in [2.24, 2.45) is 0 Å². The second-order valence-corrected chi connectivity index (χ2v) is 4.66. The van der Waals surface area contributed by atoms with E-state index < -0.39 is 5.54 Å². The summed E-state index contributed by atoms with van der Waals surface area (Å²) in [5, 5.41) is 3.28. The Hall–Kier alpha value is -1.05. The van der Waals surface area contributed by atoms with Crippen LogP contribution in [0.15, 0.2) is 0 Å². The van der Waals surface area contributed by atoms with Crippen LogP contribution in [0.2, 0.25) is 0 Å². The normalized spacial score (nSPS) is 17.9. The highest BCUT2D eigenvalue weighted by atomic mass is 16.2. The lowest BCUT2D eigenvalue weighted by Gasteiger charge is -2.41. The zero-order valence-electron chi connectivity index (χ0n) is 10.4. The number of nitrogens with one attached hydrogen (secondary N) is 1. The number of nitrogens with zero attached hydrogens (tertiary/aromatic N) is 2. The van der Waals surface area contributed by atoms with Crippen molar-refractivity contribution in [3.8, 4) is 12.3 Å². The van der Waals surface area contributed by atoms with E-state index in [2.05, 4.69) is 16.1 Å². The van der Waals surface area contributed by atoms with Gasteiger partial charge >= 0.3 is 0 Å². The first-order valence-electron chi connectivity index (χ1n) is 5.65. The molecule has 1 N–H and O–H groups in total. The molecule has 0 atom stereocenters. The Balaban J connectivity index is 2.67. The Kier molecular flexibility index (Phi) is 4.34. The molecule has 90 valence electrons. The van der Waals surface area contributed by atoms with Crippen LogP contribution in [0.5, 0.6) is 0 Å². The van der Waals surface area contributed by atoms with Crippen molar-refractivity contribution in [1.29, 1.82) is 0 Å². The van der Waals surface area contributed by atoms with Crippen molar-refractivity contribution in [2.45, 2.75) is 19.4 Å². The highest BCUT2D eigenvalue weighted by Crippen LogP contribution is 2.17. The molecule has 0 unspecified atom stereocenters. The summed E-state index contributed by atoms with van der Waals surface area (Å²) in [6.07, 6.45) is 5.22. The average molecular weight is 223 g/mol. The third-order valence-corrected chi connectivity index (χ3v) is 3.11. The maximum Gasteiger partial charge on any atom is 0.243 e. The van der Waals surface area contributed by atoms with Crippen LogP contribution in [0.3, 0.4) is 0 Å². The van der Waals surface area contributed by atoms with Gasteiger partial charge in [-0.25, -0.2) is 0 Å². The summed E-state index contributed by atoms with van der Waals surface area (Å²) in [7, 11) is 1.76. The van der Waals surface area contributed by atoms with Gasteiger partial charge in [0.05, 0.1) is 12.1 Å². The van der Waals surface area contributed by atoms with E-state index in [9.17, 15) is 4.79 Å². The smallest absolute Gasteiger partial charge is 0.243 e. The van der Waals surface area contributed by atoms with E-state index in [0.717, 1.165) is 26.2 Å². The van der Waals surface area contributed by atoms with E-state index in [-0.39, 0.29) is 5.91 Å². The minimum absolute atomic E-state index is 0.0901. The number of hydrogen-bond acceptors (Lipinski definition) is 3. The van der Waals surface area contributed by atoms with Crippen molar-refractivity contribution in [3.63, 3.8) is 0 Å². The zero-order chi connectivity index (χ0) is 12.2. The summed E-state index contributed by atoms with van der Waals surface area (Å²) in [6, 6.07) is 0. The molecule has 1 fully saturated rings. The zero-order valence-corrected chi connectivity index (χ0v) is 10.4. The molecule has 0 radical (unpaired) electrons. The highest BCUT2D eigenvalue weighted by molar-refractivity contribution is 5.85. The van der Waals surface area contributed by atoms with Gasteiger partial charge in [-0.15, -0.1) is 6.42 Å². The minimum Gasteiger partial charge on any atom is -0.333 e. The Morgan fingerprint density at radius 3 is 2.56 bits per heavy atom. The third kappa shape index (κ3) is 2.75. The van der Waals surface area contributed by atoms with Gasteiger partial charge in [0.2, 0.25) is 5.91 Å². The van der Waals surface area contributed by atoms with Gasteiger partial charge in [-0.3, -0.25) is 9.69 Å². The topological polar surface area (TPSA) is 35.6 Å². The quantitative estimate of drug-likeness (QED) is 0.671. The molecule has 1 aliphatic rings. The number of amides is 1. The molecular weight excluding hydrogens is 202 g/mol. The third-order valence-electron chi connectivity index (χ3n) is 3.11. The summed E-state index contributed by atoms with van der Waals surface area (Å²) in [4.78, 5) is 16.0. The van der Waals surface area contributed by atoms with Crippen molar-refractivity contribution < 1.29 is 4.79 Å². The molecule has 1 saturated heterocycles. The molecule has 1 aliphatic heterocycles. The fourth-order valence-electron chi connectivity index (χ4n) is 2.03. The molecular formula is C12H21N3O. The number of hydrogen-bond donors (Lipinski definition) is 1. The lowest BCUT2D eigenvalue weighted by atomic mass is 10.00. The van der Waals surface area contributed by atoms with Gasteiger partial charge in [0, 0.05) is 33.2 Å². The van der Waals surface area contributed by atoms with Crippen molar-refractivity contribution in [1.82, 2.24) is 15.1 Å². The van der Waals surface area contributed by atoms with Crippen LogP contribution >= 0.6 is 0 Å². The summed E-state index contributed by atoms with van der Waals surface area (Å²) in [6.45, 7) is 7.99. The maximum atomic E-state index is 12.2. The summed E-state index contributed by atoms with van der Waals surface area (Å²) in [5.74, 6) is 2.59. The van der Waals surface area contributed by atoms with Crippen LogP contribution in [0.4, 0.5) is 0 Å². The van der Waals surface area contributed by atoms with Crippen LogP contribution < -0.4 is 5.32 Å². The predicted octanol–water partition coefficient (Wildman–Crippen LogP) is -0.238. The van der Waals surface area contributed by atoms with E-state index in [1.165, 1.54) is 0 Å². The Labute approximate surface area is 98.0 Å². The molecule has 0 bridgehead atoms. The fourth-order valence-corrected chi connectivity index (χ4v) is 2.03. The second kappa shape index (κ2) is 5.33. The minimum atomic E-state index is -0.465. The van der Waals surface area contributed by atoms with Crippen LogP contribution in [0.25, 0.3) is 0 Å². The first-order valence-corrected chi connectivity index (χ1v) is 5.65. The molecule has 4 heteroatoms. The van der Waals surface area contributed by atoms with Gasteiger partial charge in [0.25, 0.3) is 0 Å². The standard InChI is InChI=1S/C12H21N3O/c1-5-8-14(4)11(16)12(2,3)15-9-6-13-7-10-15/h1,13H,6-10H2,2-4H3. The second-order valence-electron chi connectivity index (χ2n) is 4.66. The summed E-state index contributed by atoms with van der Waals surface area (Å²) >= 11 is 0. The van der Waals surface area contributed by atoms with Gasteiger partial charge in [0.15, 0.2) is 0 Å². The average Bonchev–Trinajstić information content (AvgIpc) is 2.29. The first-order chi connectivity index (χ1) is 7.50. The van der Waals surface area contributed by atoms with E-state index in [1.54, 1.807) is 11.9 Å². The maximum absolute atomic E-state index is 12.2. The van der Waals surface area contributed by atoms with E-state index in [4.69, 9.17) is 6.42 Å². The molecule has 1 amide bonds. The van der Waals surface area contributed by atoms with Crippen LogP contribution in [-0.2, 0) is 4.79 Å².